The predicted octanol–water partition coefficient (Wildman–Crippen LogP) is 2.92. The number of fused-ring (bicyclic) bond motifs is 5. The molecule has 5 heteroatoms. The zero-order valence-corrected chi connectivity index (χ0v) is 16.5. The van der Waals surface area contributed by atoms with Crippen molar-refractivity contribution in [1.29, 1.82) is 0 Å². The standard InChI is InChI=1S/C22H29FO4/c1-12-9-17-15-6-8-21(27,13(2)24)20(15,4)11-18(26)22(17,23)19(3)7-5-14(25)10-16(12)19/h5,7,10,12,15,17-18,26-27H,6,8-9,11H2,1-4H3/t12?,15-,17-,18?,19-,20-,21-,22?/m0/s1. The first-order valence-electron chi connectivity index (χ1n) is 9.97. The van der Waals surface area contributed by atoms with E-state index in [1.54, 1.807) is 13.0 Å². The molecular weight excluding hydrogens is 347 g/mol. The highest BCUT2D eigenvalue weighted by atomic mass is 19.1. The second kappa shape index (κ2) is 5.38. The Kier molecular flexibility index (Phi) is 3.79. The maximum absolute atomic E-state index is 16.9. The first-order chi connectivity index (χ1) is 12.4. The molecule has 0 aliphatic heterocycles. The average molecular weight is 376 g/mol. The number of ketones is 2. The Bertz CT molecular complexity index is 787. The van der Waals surface area contributed by atoms with E-state index in [9.17, 15) is 19.8 Å². The number of hydrogen-bond donors (Lipinski definition) is 2. The molecule has 4 rings (SSSR count). The number of rotatable bonds is 1. The lowest BCUT2D eigenvalue weighted by molar-refractivity contribution is -0.219. The van der Waals surface area contributed by atoms with Crippen molar-refractivity contribution in [2.75, 3.05) is 0 Å². The van der Waals surface area contributed by atoms with E-state index in [1.165, 1.54) is 19.1 Å². The Hall–Kier alpha value is -1.33. The van der Waals surface area contributed by atoms with Crippen LogP contribution >= 0.6 is 0 Å². The number of carbonyl (C=O) groups excluding carboxylic acids is 2. The van der Waals surface area contributed by atoms with Gasteiger partial charge in [0, 0.05) is 16.7 Å². The minimum absolute atomic E-state index is 0.00153. The smallest absolute Gasteiger partial charge is 0.178 e. The van der Waals surface area contributed by atoms with E-state index in [2.05, 4.69) is 0 Å². The van der Waals surface area contributed by atoms with Crippen LogP contribution in [0.15, 0.2) is 23.8 Å². The molecule has 27 heavy (non-hydrogen) atoms. The van der Waals surface area contributed by atoms with Crippen LogP contribution in [-0.2, 0) is 9.59 Å². The lowest BCUT2D eigenvalue weighted by atomic mass is 9.43. The molecule has 3 fully saturated rings. The van der Waals surface area contributed by atoms with Gasteiger partial charge in [0.25, 0.3) is 0 Å². The summed E-state index contributed by atoms with van der Waals surface area (Å²) in [5.74, 6) is -1.11. The molecule has 0 spiro atoms. The molecule has 0 saturated heterocycles. The zero-order chi connectivity index (χ0) is 20.0. The van der Waals surface area contributed by atoms with E-state index in [0.717, 1.165) is 5.57 Å². The topological polar surface area (TPSA) is 74.6 Å². The van der Waals surface area contributed by atoms with Gasteiger partial charge in [-0.05, 0) is 63.5 Å². The van der Waals surface area contributed by atoms with Gasteiger partial charge in [-0.25, -0.2) is 4.39 Å². The Morgan fingerprint density at radius 3 is 2.59 bits per heavy atom. The highest BCUT2D eigenvalue weighted by molar-refractivity contribution is 6.01. The van der Waals surface area contributed by atoms with Gasteiger partial charge in [-0.3, -0.25) is 9.59 Å². The number of hydrogen-bond acceptors (Lipinski definition) is 4. The SMILES string of the molecule is CC(=O)[C@@]1(O)CC[C@H]2[C@@H]3CC(C)C4=CC(=O)C=C[C@]4(C)C3(F)C(O)C[C@@]21C. The summed E-state index contributed by atoms with van der Waals surface area (Å²) in [5.41, 5.74) is -4.59. The molecule has 0 radical (unpaired) electrons. The van der Waals surface area contributed by atoms with E-state index < -0.39 is 34.1 Å². The van der Waals surface area contributed by atoms with Crippen LogP contribution in [0.5, 0.6) is 0 Å². The van der Waals surface area contributed by atoms with Crippen molar-refractivity contribution >= 4 is 11.6 Å². The number of carbonyl (C=O) groups is 2. The summed E-state index contributed by atoms with van der Waals surface area (Å²) in [5, 5.41) is 22.3. The zero-order valence-electron chi connectivity index (χ0n) is 16.5. The van der Waals surface area contributed by atoms with Gasteiger partial charge < -0.3 is 10.2 Å². The van der Waals surface area contributed by atoms with Crippen molar-refractivity contribution in [2.45, 2.75) is 70.8 Å². The molecule has 3 saturated carbocycles. The molecule has 0 heterocycles. The molecule has 4 nitrogen and oxygen atoms in total. The molecule has 0 amide bonds. The Morgan fingerprint density at radius 2 is 1.96 bits per heavy atom. The van der Waals surface area contributed by atoms with E-state index in [1.807, 2.05) is 13.8 Å². The molecule has 0 aromatic carbocycles. The third kappa shape index (κ3) is 2.00. The first kappa shape index (κ1) is 19.0. The number of aliphatic hydroxyl groups is 2. The Morgan fingerprint density at radius 1 is 1.30 bits per heavy atom. The third-order valence-corrected chi connectivity index (χ3v) is 8.70. The number of aliphatic hydroxyl groups excluding tert-OH is 1. The fourth-order valence-corrected chi connectivity index (χ4v) is 7.18. The van der Waals surface area contributed by atoms with Crippen LogP contribution in [0.1, 0.15) is 53.4 Å². The minimum atomic E-state index is -1.92. The number of allylic oxidation sites excluding steroid dienone is 4. The fourth-order valence-electron chi connectivity index (χ4n) is 7.18. The lowest BCUT2D eigenvalue weighted by Gasteiger charge is -2.63. The van der Waals surface area contributed by atoms with Crippen LogP contribution in [0.2, 0.25) is 0 Å². The Balaban J connectivity index is 1.86. The van der Waals surface area contributed by atoms with Crippen molar-refractivity contribution < 1.29 is 24.2 Å². The van der Waals surface area contributed by atoms with Crippen molar-refractivity contribution in [3.63, 3.8) is 0 Å². The second-order valence-electron chi connectivity index (χ2n) is 9.75. The monoisotopic (exact) mass is 376 g/mol. The van der Waals surface area contributed by atoms with E-state index in [4.69, 9.17) is 0 Å². The van der Waals surface area contributed by atoms with Gasteiger partial charge in [0.2, 0.25) is 0 Å². The van der Waals surface area contributed by atoms with E-state index >= 15 is 4.39 Å². The molecule has 4 aliphatic carbocycles. The summed E-state index contributed by atoms with van der Waals surface area (Å²) in [4.78, 5) is 24.2. The molecular formula is C22H29FO4. The second-order valence-corrected chi connectivity index (χ2v) is 9.75. The highest BCUT2D eigenvalue weighted by Gasteiger charge is 2.74. The number of alkyl halides is 1. The summed E-state index contributed by atoms with van der Waals surface area (Å²) in [6.07, 6.45) is 4.68. The average Bonchev–Trinajstić information content (AvgIpc) is 2.85. The summed E-state index contributed by atoms with van der Waals surface area (Å²) in [7, 11) is 0. The van der Waals surface area contributed by atoms with Gasteiger partial charge in [0.1, 0.15) is 5.60 Å². The van der Waals surface area contributed by atoms with Crippen LogP contribution in [0.3, 0.4) is 0 Å². The van der Waals surface area contributed by atoms with Gasteiger partial charge in [-0.2, -0.15) is 0 Å². The van der Waals surface area contributed by atoms with Crippen LogP contribution in [0.25, 0.3) is 0 Å². The van der Waals surface area contributed by atoms with Gasteiger partial charge in [0.15, 0.2) is 17.2 Å². The predicted molar refractivity (Wildman–Crippen MR) is 98.5 cm³/mol. The van der Waals surface area contributed by atoms with Crippen LogP contribution in [-0.4, -0.2) is 39.2 Å². The van der Waals surface area contributed by atoms with Crippen LogP contribution in [0, 0.1) is 28.6 Å². The number of Topliss-reactive ketones (excluding diaryl/α,β-unsaturated/α-hetero) is 1. The molecule has 3 unspecified atom stereocenters. The van der Waals surface area contributed by atoms with Gasteiger partial charge in [-0.1, -0.05) is 25.5 Å². The molecule has 0 bridgehead atoms. The molecule has 0 aromatic rings. The number of halogens is 1. The molecule has 8 atom stereocenters. The van der Waals surface area contributed by atoms with Crippen molar-refractivity contribution in [3.05, 3.63) is 23.8 Å². The quantitative estimate of drug-likeness (QED) is 0.738. The van der Waals surface area contributed by atoms with Gasteiger partial charge >= 0.3 is 0 Å². The van der Waals surface area contributed by atoms with Crippen LogP contribution < -0.4 is 0 Å². The molecule has 4 aliphatic rings. The summed E-state index contributed by atoms with van der Waals surface area (Å²) >= 11 is 0. The van der Waals surface area contributed by atoms with Gasteiger partial charge in [-0.15, -0.1) is 0 Å². The van der Waals surface area contributed by atoms with E-state index in [0.29, 0.717) is 19.3 Å². The fraction of sp³-hybridized carbons (Fsp3) is 0.727. The van der Waals surface area contributed by atoms with Crippen LogP contribution in [0.4, 0.5) is 4.39 Å². The largest absolute Gasteiger partial charge is 0.390 e. The summed E-state index contributed by atoms with van der Waals surface area (Å²) in [6.45, 7) is 7.01. The van der Waals surface area contributed by atoms with Gasteiger partial charge in [0.05, 0.1) is 6.10 Å². The maximum atomic E-state index is 16.9. The first-order valence-corrected chi connectivity index (χ1v) is 9.97. The van der Waals surface area contributed by atoms with Crippen molar-refractivity contribution in [2.24, 2.45) is 28.6 Å². The lowest BCUT2D eigenvalue weighted by Crippen LogP contribution is -2.69. The highest BCUT2D eigenvalue weighted by Crippen LogP contribution is 2.70. The normalized spacial score (nSPS) is 54.0. The van der Waals surface area contributed by atoms with Crippen molar-refractivity contribution in [1.82, 2.24) is 0 Å². The minimum Gasteiger partial charge on any atom is -0.390 e. The van der Waals surface area contributed by atoms with Crippen molar-refractivity contribution in [3.8, 4) is 0 Å². The molecule has 0 aromatic heterocycles. The van der Waals surface area contributed by atoms with E-state index in [-0.39, 0.29) is 29.8 Å². The molecule has 2 N–H and O–H groups in total. The summed E-state index contributed by atoms with van der Waals surface area (Å²) < 4.78 is 16.9. The molecule has 148 valence electrons. The Labute approximate surface area is 159 Å². The summed E-state index contributed by atoms with van der Waals surface area (Å²) in [6, 6.07) is 0. The maximum Gasteiger partial charge on any atom is 0.178 e. The third-order valence-electron chi connectivity index (χ3n) is 8.70.